The minimum atomic E-state index is 0.270. The van der Waals surface area contributed by atoms with Crippen LogP contribution >= 0.6 is 0 Å². The summed E-state index contributed by atoms with van der Waals surface area (Å²) in [5.41, 5.74) is 1.30. The molecule has 1 saturated heterocycles. The number of benzene rings is 1. The fourth-order valence-electron chi connectivity index (χ4n) is 2.09. The second kappa shape index (κ2) is 5.29. The molecule has 1 atom stereocenters. The summed E-state index contributed by atoms with van der Waals surface area (Å²) in [6.07, 6.45) is 1.49. The van der Waals surface area contributed by atoms with E-state index in [9.17, 15) is 0 Å². The van der Waals surface area contributed by atoms with E-state index in [4.69, 9.17) is 4.74 Å². The molecule has 0 saturated carbocycles. The zero-order chi connectivity index (χ0) is 10.5. The van der Waals surface area contributed by atoms with E-state index in [1.807, 2.05) is 0 Å². The molecule has 0 spiro atoms. The van der Waals surface area contributed by atoms with Crippen LogP contribution in [-0.2, 0) is 4.74 Å². The normalized spacial score (nSPS) is 22.9. The molecule has 1 aromatic carbocycles. The molecular weight excluding hydrogens is 186 g/mol. The van der Waals surface area contributed by atoms with Gasteiger partial charge in [-0.15, -0.1) is 0 Å². The lowest BCUT2D eigenvalue weighted by Gasteiger charge is -2.32. The molecule has 82 valence electrons. The van der Waals surface area contributed by atoms with Crippen LogP contribution in [0.25, 0.3) is 0 Å². The Morgan fingerprint density at radius 3 is 2.87 bits per heavy atom. The van der Waals surface area contributed by atoms with Crippen LogP contribution < -0.4 is 0 Å². The van der Waals surface area contributed by atoms with Gasteiger partial charge < -0.3 is 4.74 Å². The summed E-state index contributed by atoms with van der Waals surface area (Å²) in [7, 11) is 0. The largest absolute Gasteiger partial charge is 0.371 e. The Morgan fingerprint density at radius 2 is 2.13 bits per heavy atom. The first-order valence-corrected chi connectivity index (χ1v) is 5.79. The molecular formula is C13H19NO. The van der Waals surface area contributed by atoms with Gasteiger partial charge in [-0.2, -0.15) is 0 Å². The average molecular weight is 205 g/mol. The van der Waals surface area contributed by atoms with Gasteiger partial charge in [0.15, 0.2) is 0 Å². The van der Waals surface area contributed by atoms with Gasteiger partial charge in [0.25, 0.3) is 0 Å². The molecule has 2 nitrogen and oxygen atoms in total. The first-order chi connectivity index (χ1) is 7.40. The molecule has 0 aromatic heterocycles. The maximum atomic E-state index is 5.80. The van der Waals surface area contributed by atoms with Crippen LogP contribution in [0.2, 0.25) is 0 Å². The van der Waals surface area contributed by atoms with E-state index in [1.165, 1.54) is 18.5 Å². The second-order valence-electron chi connectivity index (χ2n) is 4.07. The first kappa shape index (κ1) is 10.7. The van der Waals surface area contributed by atoms with Gasteiger partial charge >= 0.3 is 0 Å². The van der Waals surface area contributed by atoms with E-state index in [0.717, 1.165) is 19.7 Å². The van der Waals surface area contributed by atoms with E-state index in [0.29, 0.717) is 0 Å². The van der Waals surface area contributed by atoms with Crippen LogP contribution in [-0.4, -0.2) is 31.1 Å². The van der Waals surface area contributed by atoms with E-state index in [1.54, 1.807) is 0 Å². The highest BCUT2D eigenvalue weighted by atomic mass is 16.5. The summed E-state index contributed by atoms with van der Waals surface area (Å²) >= 11 is 0. The molecule has 0 radical (unpaired) electrons. The van der Waals surface area contributed by atoms with Crippen molar-refractivity contribution in [1.82, 2.24) is 4.90 Å². The Balaban J connectivity index is 1.98. The zero-order valence-electron chi connectivity index (χ0n) is 9.36. The maximum absolute atomic E-state index is 5.80. The number of ether oxygens (including phenoxy) is 1. The molecule has 1 unspecified atom stereocenters. The van der Waals surface area contributed by atoms with Gasteiger partial charge in [0.05, 0.1) is 12.7 Å². The molecule has 0 bridgehead atoms. The molecule has 1 aliphatic heterocycles. The van der Waals surface area contributed by atoms with Gasteiger partial charge in [-0.25, -0.2) is 0 Å². The van der Waals surface area contributed by atoms with Crippen LogP contribution in [0, 0.1) is 0 Å². The molecule has 0 amide bonds. The number of hydrogen-bond acceptors (Lipinski definition) is 2. The highest BCUT2D eigenvalue weighted by Crippen LogP contribution is 2.21. The lowest BCUT2D eigenvalue weighted by Crippen LogP contribution is -2.38. The number of hydrogen-bond donors (Lipinski definition) is 0. The van der Waals surface area contributed by atoms with Crippen molar-refractivity contribution in [2.24, 2.45) is 0 Å². The van der Waals surface area contributed by atoms with Crippen molar-refractivity contribution < 1.29 is 4.74 Å². The van der Waals surface area contributed by atoms with Gasteiger partial charge in [-0.3, -0.25) is 4.90 Å². The van der Waals surface area contributed by atoms with Crippen molar-refractivity contribution in [2.75, 3.05) is 26.2 Å². The van der Waals surface area contributed by atoms with Crippen molar-refractivity contribution in [3.05, 3.63) is 35.9 Å². The fraction of sp³-hybridized carbons (Fsp3) is 0.538. The van der Waals surface area contributed by atoms with Crippen LogP contribution in [0.3, 0.4) is 0 Å². The van der Waals surface area contributed by atoms with Crippen LogP contribution in [0.5, 0.6) is 0 Å². The quantitative estimate of drug-likeness (QED) is 0.751. The molecule has 1 heterocycles. The highest BCUT2D eigenvalue weighted by Gasteiger charge is 2.20. The topological polar surface area (TPSA) is 12.5 Å². The lowest BCUT2D eigenvalue weighted by molar-refractivity contribution is -0.0298. The summed E-state index contributed by atoms with van der Waals surface area (Å²) in [5.74, 6) is 0. The van der Waals surface area contributed by atoms with Gasteiger partial charge in [-0.05, 0) is 18.5 Å². The van der Waals surface area contributed by atoms with Gasteiger partial charge in [-0.1, -0.05) is 37.3 Å². The first-order valence-electron chi connectivity index (χ1n) is 5.79. The number of rotatable bonds is 3. The van der Waals surface area contributed by atoms with E-state index in [-0.39, 0.29) is 6.10 Å². The third-order valence-electron chi connectivity index (χ3n) is 2.86. The third kappa shape index (κ3) is 2.80. The monoisotopic (exact) mass is 205 g/mol. The van der Waals surface area contributed by atoms with Crippen molar-refractivity contribution in [3.8, 4) is 0 Å². The van der Waals surface area contributed by atoms with Crippen LogP contribution in [0.15, 0.2) is 30.3 Å². The molecule has 2 rings (SSSR count). The number of morpholine rings is 1. The SMILES string of the molecule is CCCN1CCOC(c2ccccc2)C1. The summed E-state index contributed by atoms with van der Waals surface area (Å²) in [5, 5.41) is 0. The van der Waals surface area contributed by atoms with Crippen LogP contribution in [0.1, 0.15) is 25.0 Å². The van der Waals surface area contributed by atoms with E-state index < -0.39 is 0 Å². The Bertz CT molecular complexity index is 284. The van der Waals surface area contributed by atoms with Crippen molar-refractivity contribution in [2.45, 2.75) is 19.4 Å². The van der Waals surface area contributed by atoms with Crippen molar-refractivity contribution in [1.29, 1.82) is 0 Å². The summed E-state index contributed by atoms with van der Waals surface area (Å²) in [6, 6.07) is 10.5. The van der Waals surface area contributed by atoms with Gasteiger partial charge in [0, 0.05) is 13.1 Å². The van der Waals surface area contributed by atoms with Gasteiger partial charge in [0.1, 0.15) is 0 Å². The Hall–Kier alpha value is -0.860. The molecule has 1 fully saturated rings. The second-order valence-corrected chi connectivity index (χ2v) is 4.07. The minimum absolute atomic E-state index is 0.270. The molecule has 0 N–H and O–H groups in total. The highest BCUT2D eigenvalue weighted by molar-refractivity contribution is 5.18. The summed E-state index contributed by atoms with van der Waals surface area (Å²) in [4.78, 5) is 2.49. The molecule has 1 aromatic rings. The lowest BCUT2D eigenvalue weighted by atomic mass is 10.1. The standard InChI is InChI=1S/C13H19NO/c1-2-8-14-9-10-15-13(11-14)12-6-4-3-5-7-12/h3-7,13H,2,8-11H2,1H3. The smallest absolute Gasteiger partial charge is 0.0952 e. The minimum Gasteiger partial charge on any atom is -0.371 e. The fourth-order valence-corrected chi connectivity index (χ4v) is 2.09. The third-order valence-corrected chi connectivity index (χ3v) is 2.86. The van der Waals surface area contributed by atoms with Crippen molar-refractivity contribution >= 4 is 0 Å². The average Bonchev–Trinajstić information content (AvgIpc) is 2.31. The summed E-state index contributed by atoms with van der Waals surface area (Å²) < 4.78 is 5.80. The Labute approximate surface area is 91.9 Å². The number of nitrogens with zero attached hydrogens (tertiary/aromatic N) is 1. The van der Waals surface area contributed by atoms with E-state index in [2.05, 4.69) is 42.2 Å². The van der Waals surface area contributed by atoms with E-state index >= 15 is 0 Å². The molecule has 15 heavy (non-hydrogen) atoms. The summed E-state index contributed by atoms with van der Waals surface area (Å²) in [6.45, 7) is 6.40. The zero-order valence-corrected chi connectivity index (χ0v) is 9.36. The van der Waals surface area contributed by atoms with Crippen LogP contribution in [0.4, 0.5) is 0 Å². The predicted molar refractivity (Wildman–Crippen MR) is 61.9 cm³/mol. The molecule has 1 aliphatic rings. The molecule has 2 heteroatoms. The van der Waals surface area contributed by atoms with Crippen molar-refractivity contribution in [3.63, 3.8) is 0 Å². The Kier molecular flexibility index (Phi) is 3.75. The predicted octanol–water partition coefficient (Wildman–Crippen LogP) is 2.47. The van der Waals surface area contributed by atoms with Gasteiger partial charge in [0.2, 0.25) is 0 Å². The Morgan fingerprint density at radius 1 is 1.33 bits per heavy atom. The maximum Gasteiger partial charge on any atom is 0.0952 e. The molecule has 0 aliphatic carbocycles.